The summed E-state index contributed by atoms with van der Waals surface area (Å²) in [4.78, 5) is 22.6. The molecule has 2 N–H and O–H groups in total. The number of carbonyl (C=O) groups excluding carboxylic acids is 1. The lowest BCUT2D eigenvalue weighted by Gasteiger charge is -2.16. The highest BCUT2D eigenvalue weighted by Crippen LogP contribution is 2.31. The monoisotopic (exact) mass is 383 g/mol. The Balaban J connectivity index is 1.22. The summed E-state index contributed by atoms with van der Waals surface area (Å²) in [5.41, 5.74) is 6.66. The van der Waals surface area contributed by atoms with Gasteiger partial charge >= 0.3 is 6.09 Å². The summed E-state index contributed by atoms with van der Waals surface area (Å²) < 4.78 is 5.49. The molecule has 7 nitrogen and oxygen atoms in total. The van der Waals surface area contributed by atoms with Gasteiger partial charge in [0.05, 0.1) is 6.54 Å². The topological polar surface area (TPSA) is 78.9 Å². The Morgan fingerprint density at radius 2 is 2.07 bits per heavy atom. The molecule has 2 aliphatic heterocycles. The highest BCUT2D eigenvalue weighted by Gasteiger charge is 2.33. The fourth-order valence-corrected chi connectivity index (χ4v) is 4.36. The predicted octanol–water partition coefficient (Wildman–Crippen LogP) is 2.00. The number of hydrogen-bond acceptors (Lipinski definition) is 6. The van der Waals surface area contributed by atoms with Crippen molar-refractivity contribution in [2.75, 3.05) is 26.2 Å². The Hall–Kier alpha value is -2.41. The number of aromatic nitrogens is 1. The lowest BCUT2D eigenvalue weighted by atomic mass is 10.0. The van der Waals surface area contributed by atoms with Crippen molar-refractivity contribution in [1.82, 2.24) is 20.5 Å². The van der Waals surface area contributed by atoms with E-state index in [1.807, 2.05) is 0 Å². The highest BCUT2D eigenvalue weighted by atomic mass is 16.6. The maximum absolute atomic E-state index is 12.1. The normalized spacial score (nSPS) is 23.5. The van der Waals surface area contributed by atoms with E-state index in [2.05, 4.69) is 41.4 Å². The summed E-state index contributed by atoms with van der Waals surface area (Å²) in [6, 6.07) is 0. The van der Waals surface area contributed by atoms with Gasteiger partial charge in [0.2, 0.25) is 0 Å². The van der Waals surface area contributed by atoms with Crippen LogP contribution in [0.4, 0.5) is 4.79 Å². The lowest BCUT2D eigenvalue weighted by Crippen LogP contribution is -2.29. The molecule has 0 bridgehead atoms. The third-order valence-corrected chi connectivity index (χ3v) is 6.01. The highest BCUT2D eigenvalue weighted by molar-refractivity contribution is 5.73. The first-order valence-electron chi connectivity index (χ1n) is 10.1. The fourth-order valence-electron chi connectivity index (χ4n) is 4.36. The fraction of sp³-hybridized carbons (Fsp3) is 0.571. The molecular weight excluding hydrogens is 354 g/mol. The predicted molar refractivity (Wildman–Crippen MR) is 108 cm³/mol. The molecule has 1 amide bonds. The van der Waals surface area contributed by atoms with E-state index >= 15 is 0 Å². The zero-order valence-electron chi connectivity index (χ0n) is 16.9. The molecule has 1 aromatic heterocycles. The molecule has 1 saturated heterocycles. The number of hydrogen-bond donors (Lipinski definition) is 2. The van der Waals surface area contributed by atoms with Gasteiger partial charge < -0.3 is 15.4 Å². The van der Waals surface area contributed by atoms with E-state index < -0.39 is 0 Å². The van der Waals surface area contributed by atoms with Crippen LogP contribution < -0.4 is 10.6 Å². The number of aliphatic imine (C=N–C) groups is 1. The Kier molecular flexibility index (Phi) is 5.35. The van der Waals surface area contributed by atoms with E-state index in [4.69, 9.17) is 4.74 Å². The third kappa shape index (κ3) is 3.76. The zero-order valence-corrected chi connectivity index (χ0v) is 16.9. The van der Waals surface area contributed by atoms with Gasteiger partial charge in [-0.2, -0.15) is 0 Å². The minimum atomic E-state index is -0.308. The van der Waals surface area contributed by atoms with Crippen molar-refractivity contribution in [3.63, 3.8) is 0 Å². The van der Waals surface area contributed by atoms with Crippen LogP contribution in [-0.4, -0.2) is 54.5 Å². The van der Waals surface area contributed by atoms with Crippen LogP contribution in [0.15, 0.2) is 17.0 Å². The van der Waals surface area contributed by atoms with Crippen LogP contribution in [0.1, 0.15) is 34.5 Å². The number of pyridine rings is 1. The second-order valence-electron chi connectivity index (χ2n) is 7.97. The zero-order chi connectivity index (χ0) is 19.7. The van der Waals surface area contributed by atoms with E-state index in [0.717, 1.165) is 38.0 Å². The summed E-state index contributed by atoms with van der Waals surface area (Å²) in [7, 11) is 0. The number of nitrogens with zero attached hydrogens (tertiary/aromatic N) is 3. The van der Waals surface area contributed by atoms with Crippen molar-refractivity contribution < 1.29 is 9.53 Å². The quantitative estimate of drug-likeness (QED) is 0.735. The van der Waals surface area contributed by atoms with Crippen molar-refractivity contribution in [3.8, 4) is 0 Å². The largest absolute Gasteiger partial charge is 0.444 e. The van der Waals surface area contributed by atoms with Crippen LogP contribution in [0.5, 0.6) is 0 Å². The maximum Gasteiger partial charge on any atom is 0.415 e. The van der Waals surface area contributed by atoms with Crippen LogP contribution in [0.2, 0.25) is 0 Å². The molecule has 3 heterocycles. The molecule has 3 aliphatic rings. The molecule has 1 aromatic rings. The summed E-state index contributed by atoms with van der Waals surface area (Å²) in [5, 5.41) is 6.64. The van der Waals surface area contributed by atoms with Crippen molar-refractivity contribution in [2.24, 2.45) is 10.9 Å². The third-order valence-electron chi connectivity index (χ3n) is 6.01. The molecular formula is C21H29N5O2. The summed E-state index contributed by atoms with van der Waals surface area (Å²) in [6.07, 6.45) is 6.17. The molecule has 0 saturated carbocycles. The summed E-state index contributed by atoms with van der Waals surface area (Å²) in [6.45, 7) is 9.50. The minimum absolute atomic E-state index is 0.0878. The number of carbonyl (C=O) groups is 1. The first kappa shape index (κ1) is 18.9. The molecule has 0 spiro atoms. The van der Waals surface area contributed by atoms with Gasteiger partial charge in [-0.3, -0.25) is 9.88 Å². The van der Waals surface area contributed by atoms with Gasteiger partial charge in [-0.15, -0.1) is 0 Å². The Labute approximate surface area is 166 Å². The molecule has 2 unspecified atom stereocenters. The van der Waals surface area contributed by atoms with Gasteiger partial charge in [0.25, 0.3) is 0 Å². The standard InChI is InChI=1S/C21H29N5O2/c1-13-14(2)25-15(3)19-9-16(8-18(13)19)10-22-5-4-17-12-26(21(27)28-17)20-11-23-6-7-24-20/h7,11,16-17,22-23H,4-6,8-10,12H2,1-3H3. The summed E-state index contributed by atoms with van der Waals surface area (Å²) >= 11 is 0. The number of amides is 1. The van der Waals surface area contributed by atoms with Gasteiger partial charge in [-0.1, -0.05) is 0 Å². The Bertz CT molecular complexity index is 833. The van der Waals surface area contributed by atoms with E-state index in [-0.39, 0.29) is 12.2 Å². The number of ether oxygens (including phenoxy) is 1. The van der Waals surface area contributed by atoms with Crippen molar-refractivity contribution in [2.45, 2.75) is 46.1 Å². The van der Waals surface area contributed by atoms with E-state index in [1.165, 1.54) is 22.4 Å². The van der Waals surface area contributed by atoms with E-state index in [9.17, 15) is 4.79 Å². The summed E-state index contributed by atoms with van der Waals surface area (Å²) in [5.74, 6) is 1.25. The number of cyclic esters (lactones) is 1. The van der Waals surface area contributed by atoms with Crippen molar-refractivity contribution >= 4 is 12.3 Å². The molecule has 1 fully saturated rings. The van der Waals surface area contributed by atoms with Crippen LogP contribution in [0.25, 0.3) is 0 Å². The van der Waals surface area contributed by atoms with Gasteiger partial charge in [-0.05, 0) is 75.7 Å². The van der Waals surface area contributed by atoms with Crippen molar-refractivity contribution in [3.05, 3.63) is 40.1 Å². The average Bonchev–Trinajstić information content (AvgIpc) is 3.28. The van der Waals surface area contributed by atoms with Crippen molar-refractivity contribution in [1.29, 1.82) is 0 Å². The number of aryl methyl sites for hydroxylation is 2. The molecule has 150 valence electrons. The number of nitrogens with one attached hydrogen (secondary N) is 2. The molecule has 2 atom stereocenters. The van der Waals surface area contributed by atoms with Crippen LogP contribution in [0.3, 0.4) is 0 Å². The first-order valence-corrected chi connectivity index (χ1v) is 10.1. The Morgan fingerprint density at radius 1 is 1.25 bits per heavy atom. The molecule has 4 rings (SSSR count). The smallest absolute Gasteiger partial charge is 0.415 e. The second-order valence-corrected chi connectivity index (χ2v) is 7.97. The van der Waals surface area contributed by atoms with Gasteiger partial charge in [0, 0.05) is 30.3 Å². The van der Waals surface area contributed by atoms with Gasteiger partial charge in [0.1, 0.15) is 6.10 Å². The van der Waals surface area contributed by atoms with Crippen LogP contribution >= 0.6 is 0 Å². The SMILES string of the molecule is Cc1nc(C)c2c(c1C)CC(CNCCC1CN(C3=CNCC=N3)C(=O)O1)C2. The first-order chi connectivity index (χ1) is 13.5. The molecule has 28 heavy (non-hydrogen) atoms. The van der Waals surface area contributed by atoms with E-state index in [0.29, 0.717) is 24.8 Å². The lowest BCUT2D eigenvalue weighted by molar-refractivity contribution is 0.130. The van der Waals surface area contributed by atoms with Crippen LogP contribution in [-0.2, 0) is 17.6 Å². The molecule has 0 radical (unpaired) electrons. The molecule has 7 heteroatoms. The average molecular weight is 383 g/mol. The number of fused-ring (bicyclic) bond motifs is 1. The van der Waals surface area contributed by atoms with Gasteiger partial charge in [0.15, 0.2) is 5.82 Å². The van der Waals surface area contributed by atoms with Gasteiger partial charge in [-0.25, -0.2) is 9.79 Å². The minimum Gasteiger partial charge on any atom is -0.444 e. The maximum atomic E-state index is 12.1. The second kappa shape index (κ2) is 7.91. The van der Waals surface area contributed by atoms with Crippen LogP contribution in [0, 0.1) is 26.7 Å². The molecule has 1 aliphatic carbocycles. The van der Waals surface area contributed by atoms with E-state index in [1.54, 1.807) is 17.3 Å². The molecule has 0 aromatic carbocycles. The Morgan fingerprint density at radius 3 is 2.86 bits per heavy atom. The number of rotatable bonds is 6.